The monoisotopic (exact) mass is 369 g/mol. The molecule has 1 saturated heterocycles. The number of rotatable bonds is 6. The summed E-state index contributed by atoms with van der Waals surface area (Å²) in [5.74, 6) is 1.81. The topological polar surface area (TPSA) is 80.2 Å². The number of likely N-dealkylation sites (tertiary alicyclic amines) is 1. The van der Waals surface area contributed by atoms with Gasteiger partial charge in [0.1, 0.15) is 5.65 Å². The Labute approximate surface area is 159 Å². The van der Waals surface area contributed by atoms with Crippen molar-refractivity contribution in [1.82, 2.24) is 24.6 Å². The number of nitrogens with zero attached hydrogens (tertiary/aromatic N) is 5. The maximum absolute atomic E-state index is 9.61. The van der Waals surface area contributed by atoms with E-state index in [1.54, 1.807) is 0 Å². The van der Waals surface area contributed by atoms with Crippen molar-refractivity contribution >= 4 is 11.0 Å². The molecule has 3 aromatic rings. The zero-order valence-corrected chi connectivity index (χ0v) is 16.0. The molecular weight excluding hydrogens is 342 g/mol. The lowest BCUT2D eigenvalue weighted by molar-refractivity contribution is 0.0740. The van der Waals surface area contributed by atoms with Crippen molar-refractivity contribution < 1.29 is 9.63 Å². The first kappa shape index (κ1) is 18.1. The summed E-state index contributed by atoms with van der Waals surface area (Å²) in [6.07, 6.45) is 4.01. The molecule has 0 spiro atoms. The van der Waals surface area contributed by atoms with Gasteiger partial charge in [-0.1, -0.05) is 19.0 Å². The minimum Gasteiger partial charge on any atom is -0.393 e. The SMILES string of the molecule is CC(C)c1cc2cccnc2n1CCc1noc(CN2CCC(O)CC2)n1. The molecule has 0 bridgehead atoms. The van der Waals surface area contributed by atoms with Crippen molar-refractivity contribution in [2.45, 2.75) is 58.2 Å². The molecule has 4 heterocycles. The fourth-order valence-corrected chi connectivity index (χ4v) is 3.76. The summed E-state index contributed by atoms with van der Waals surface area (Å²) in [5.41, 5.74) is 2.29. The van der Waals surface area contributed by atoms with E-state index in [-0.39, 0.29) is 6.10 Å². The molecule has 4 rings (SSSR count). The second kappa shape index (κ2) is 7.78. The van der Waals surface area contributed by atoms with Gasteiger partial charge in [0.2, 0.25) is 5.89 Å². The second-order valence-corrected chi connectivity index (χ2v) is 7.65. The molecule has 1 N–H and O–H groups in total. The molecule has 144 valence electrons. The number of hydrogen-bond acceptors (Lipinski definition) is 6. The third kappa shape index (κ3) is 4.04. The van der Waals surface area contributed by atoms with Crippen molar-refractivity contribution in [2.24, 2.45) is 0 Å². The van der Waals surface area contributed by atoms with Crippen molar-refractivity contribution in [3.8, 4) is 0 Å². The third-order valence-electron chi connectivity index (χ3n) is 5.26. The number of aliphatic hydroxyl groups excluding tert-OH is 1. The summed E-state index contributed by atoms with van der Waals surface area (Å²) in [7, 11) is 0. The van der Waals surface area contributed by atoms with E-state index in [0.717, 1.165) is 43.9 Å². The van der Waals surface area contributed by atoms with E-state index >= 15 is 0 Å². The van der Waals surface area contributed by atoms with Gasteiger partial charge in [-0.05, 0) is 37.0 Å². The van der Waals surface area contributed by atoms with Crippen LogP contribution in [0.5, 0.6) is 0 Å². The Bertz CT molecular complexity index is 893. The standard InChI is InChI=1S/C20H27N5O2/c1-14(2)17-12-15-4-3-8-21-20(15)25(17)11-7-18-22-19(27-23-18)13-24-9-5-16(26)6-10-24/h3-4,8,12,14,16,26H,5-7,9-11,13H2,1-2H3. The largest absolute Gasteiger partial charge is 0.393 e. The molecule has 0 saturated carbocycles. The number of aliphatic hydroxyl groups is 1. The smallest absolute Gasteiger partial charge is 0.240 e. The maximum Gasteiger partial charge on any atom is 0.240 e. The fourth-order valence-electron chi connectivity index (χ4n) is 3.76. The van der Waals surface area contributed by atoms with Gasteiger partial charge in [0, 0.05) is 43.3 Å². The molecule has 0 radical (unpaired) electrons. The molecule has 1 fully saturated rings. The maximum atomic E-state index is 9.61. The van der Waals surface area contributed by atoms with Crippen LogP contribution in [0.2, 0.25) is 0 Å². The van der Waals surface area contributed by atoms with E-state index < -0.39 is 0 Å². The van der Waals surface area contributed by atoms with Crippen LogP contribution in [-0.4, -0.2) is 48.9 Å². The number of hydrogen-bond donors (Lipinski definition) is 1. The molecule has 0 unspecified atom stereocenters. The van der Waals surface area contributed by atoms with E-state index in [1.807, 2.05) is 12.3 Å². The summed E-state index contributed by atoms with van der Waals surface area (Å²) in [6.45, 7) is 7.59. The van der Waals surface area contributed by atoms with Crippen molar-refractivity contribution in [3.05, 3.63) is 41.8 Å². The van der Waals surface area contributed by atoms with Crippen molar-refractivity contribution in [1.29, 1.82) is 0 Å². The summed E-state index contributed by atoms with van der Waals surface area (Å²) >= 11 is 0. The van der Waals surface area contributed by atoms with Gasteiger partial charge in [-0.3, -0.25) is 4.90 Å². The molecule has 7 heteroatoms. The predicted molar refractivity (Wildman–Crippen MR) is 102 cm³/mol. The average Bonchev–Trinajstić information content (AvgIpc) is 3.26. The molecule has 27 heavy (non-hydrogen) atoms. The van der Waals surface area contributed by atoms with E-state index in [9.17, 15) is 5.11 Å². The molecule has 0 atom stereocenters. The fraction of sp³-hybridized carbons (Fsp3) is 0.550. The zero-order valence-electron chi connectivity index (χ0n) is 16.0. The highest BCUT2D eigenvalue weighted by Gasteiger charge is 2.19. The van der Waals surface area contributed by atoms with Crippen LogP contribution in [0.3, 0.4) is 0 Å². The van der Waals surface area contributed by atoms with Gasteiger partial charge >= 0.3 is 0 Å². The number of aromatic nitrogens is 4. The first-order valence-electron chi connectivity index (χ1n) is 9.76. The van der Waals surface area contributed by atoms with Gasteiger partial charge in [0.15, 0.2) is 5.82 Å². The van der Waals surface area contributed by atoms with Gasteiger partial charge in [-0.25, -0.2) is 4.98 Å². The Morgan fingerprint density at radius 1 is 1.30 bits per heavy atom. The zero-order chi connectivity index (χ0) is 18.8. The van der Waals surface area contributed by atoms with Crippen LogP contribution in [0.1, 0.15) is 50.0 Å². The van der Waals surface area contributed by atoms with Crippen LogP contribution in [0.15, 0.2) is 28.9 Å². The quantitative estimate of drug-likeness (QED) is 0.720. The van der Waals surface area contributed by atoms with Crippen LogP contribution < -0.4 is 0 Å². The molecule has 1 aliphatic heterocycles. The van der Waals surface area contributed by atoms with Crippen molar-refractivity contribution in [2.75, 3.05) is 13.1 Å². The lowest BCUT2D eigenvalue weighted by Crippen LogP contribution is -2.35. The highest BCUT2D eigenvalue weighted by molar-refractivity contribution is 5.77. The predicted octanol–water partition coefficient (Wildman–Crippen LogP) is 2.74. The molecule has 7 nitrogen and oxygen atoms in total. The van der Waals surface area contributed by atoms with Crippen LogP contribution in [-0.2, 0) is 19.5 Å². The molecule has 0 amide bonds. The van der Waals surface area contributed by atoms with Gasteiger partial charge in [0.05, 0.1) is 12.6 Å². The number of piperidine rings is 1. The Balaban J connectivity index is 1.43. The second-order valence-electron chi connectivity index (χ2n) is 7.65. The first-order valence-corrected chi connectivity index (χ1v) is 9.76. The summed E-state index contributed by atoms with van der Waals surface area (Å²) < 4.78 is 7.71. The van der Waals surface area contributed by atoms with Gasteiger partial charge in [-0.15, -0.1) is 0 Å². The number of fused-ring (bicyclic) bond motifs is 1. The van der Waals surface area contributed by atoms with Crippen molar-refractivity contribution in [3.63, 3.8) is 0 Å². The Hall–Kier alpha value is -2.25. The molecule has 0 aromatic carbocycles. The van der Waals surface area contributed by atoms with Crippen LogP contribution >= 0.6 is 0 Å². The number of aryl methyl sites for hydroxylation is 2. The Morgan fingerprint density at radius 2 is 2.11 bits per heavy atom. The minimum atomic E-state index is -0.167. The lowest BCUT2D eigenvalue weighted by atomic mass is 10.1. The van der Waals surface area contributed by atoms with Gasteiger partial charge in [0.25, 0.3) is 0 Å². The van der Waals surface area contributed by atoms with Crippen LogP contribution in [0.25, 0.3) is 11.0 Å². The number of pyridine rings is 1. The van der Waals surface area contributed by atoms with E-state index in [1.165, 1.54) is 11.1 Å². The lowest BCUT2D eigenvalue weighted by Gasteiger charge is -2.27. The normalized spacial score (nSPS) is 16.6. The Kier molecular flexibility index (Phi) is 5.22. The molecule has 0 aliphatic carbocycles. The summed E-state index contributed by atoms with van der Waals surface area (Å²) in [4.78, 5) is 11.4. The molecule has 1 aliphatic rings. The first-order chi connectivity index (χ1) is 13.1. The molecular formula is C20H27N5O2. The Morgan fingerprint density at radius 3 is 2.89 bits per heavy atom. The minimum absolute atomic E-state index is 0.167. The highest BCUT2D eigenvalue weighted by atomic mass is 16.5. The van der Waals surface area contributed by atoms with Gasteiger partial charge < -0.3 is 14.2 Å². The molecule has 3 aromatic heterocycles. The van der Waals surface area contributed by atoms with E-state index in [4.69, 9.17) is 4.52 Å². The van der Waals surface area contributed by atoms with E-state index in [0.29, 0.717) is 24.8 Å². The van der Waals surface area contributed by atoms with Gasteiger partial charge in [-0.2, -0.15) is 4.98 Å². The summed E-state index contributed by atoms with van der Waals surface area (Å²) in [6, 6.07) is 6.30. The van der Waals surface area contributed by atoms with Crippen LogP contribution in [0, 0.1) is 0 Å². The van der Waals surface area contributed by atoms with Crippen LogP contribution in [0.4, 0.5) is 0 Å². The average molecular weight is 369 g/mol. The summed E-state index contributed by atoms with van der Waals surface area (Å²) in [5, 5.41) is 14.9. The highest BCUT2D eigenvalue weighted by Crippen LogP contribution is 2.24. The van der Waals surface area contributed by atoms with E-state index in [2.05, 4.69) is 50.6 Å². The third-order valence-corrected chi connectivity index (χ3v) is 5.26.